The summed E-state index contributed by atoms with van der Waals surface area (Å²) in [7, 11) is 2.01. The first-order valence-corrected chi connectivity index (χ1v) is 19.0. The van der Waals surface area contributed by atoms with Crippen molar-refractivity contribution in [3.8, 4) is 11.3 Å². The number of hydrogen-bond acceptors (Lipinski definition) is 5. The summed E-state index contributed by atoms with van der Waals surface area (Å²) in [5, 5.41) is 11.4. The Hall–Kier alpha value is -4.12. The van der Waals surface area contributed by atoms with Crippen molar-refractivity contribution in [1.29, 1.82) is 0 Å². The Balaban J connectivity index is 0.00000435. The maximum Gasteiger partial charge on any atom is 0.260 e. The predicted molar refractivity (Wildman–Crippen MR) is 212 cm³/mol. The quantitative estimate of drug-likeness (QED) is 0.176. The van der Waals surface area contributed by atoms with Crippen molar-refractivity contribution < 1.29 is 19.4 Å². The number of nitrogens with zero attached hydrogens (tertiary/aromatic N) is 5. The van der Waals surface area contributed by atoms with Gasteiger partial charge in [-0.15, -0.1) is 12.4 Å². The first-order chi connectivity index (χ1) is 25.4. The van der Waals surface area contributed by atoms with Crippen LogP contribution in [0.15, 0.2) is 79.0 Å². The lowest BCUT2D eigenvalue weighted by atomic mass is 9.92. The number of rotatable bonds is 9. The molecule has 2 aromatic heterocycles. The summed E-state index contributed by atoms with van der Waals surface area (Å²) >= 11 is 6.72. The van der Waals surface area contributed by atoms with Gasteiger partial charge in [0.2, 0.25) is 0 Å². The molecule has 5 aromatic rings. The van der Waals surface area contributed by atoms with Gasteiger partial charge in [0, 0.05) is 109 Å². The largest absolute Gasteiger partial charge is 0.396 e. The van der Waals surface area contributed by atoms with Crippen LogP contribution < -0.4 is 4.90 Å². The van der Waals surface area contributed by atoms with Crippen LogP contribution in [-0.4, -0.2) is 87.9 Å². The van der Waals surface area contributed by atoms with Gasteiger partial charge in [0.25, 0.3) is 11.8 Å². The molecule has 2 amide bonds. The zero-order chi connectivity index (χ0) is 35.8. The lowest BCUT2D eigenvalue weighted by molar-refractivity contribution is 0.0193. The third-order valence-electron chi connectivity index (χ3n) is 11.1. The van der Waals surface area contributed by atoms with E-state index < -0.39 is 0 Å². The molecule has 8 rings (SSSR count). The lowest BCUT2D eigenvalue weighted by Crippen LogP contribution is -2.52. The number of benzene rings is 3. The highest BCUT2D eigenvalue weighted by atomic mass is 35.5. The maximum absolute atomic E-state index is 14.9. The number of carbonyl (C=O) groups is 2. The number of morpholine rings is 1. The van der Waals surface area contributed by atoms with Crippen molar-refractivity contribution in [3.63, 3.8) is 0 Å². The monoisotopic (exact) mass is 755 g/mol. The van der Waals surface area contributed by atoms with E-state index in [9.17, 15) is 14.7 Å². The number of hydrogen-bond donors (Lipinski definition) is 1. The van der Waals surface area contributed by atoms with Crippen molar-refractivity contribution in [2.75, 3.05) is 50.9 Å². The molecular formula is C42H47Cl2N5O4. The average Bonchev–Trinajstić information content (AvgIpc) is 3.75. The van der Waals surface area contributed by atoms with Crippen molar-refractivity contribution in [1.82, 2.24) is 18.9 Å². The number of aryl methyl sites for hydroxylation is 1. The van der Waals surface area contributed by atoms with E-state index >= 15 is 0 Å². The van der Waals surface area contributed by atoms with Gasteiger partial charge in [-0.1, -0.05) is 35.9 Å². The lowest BCUT2D eigenvalue weighted by Gasteiger charge is -2.40. The predicted octanol–water partition coefficient (Wildman–Crippen LogP) is 6.99. The van der Waals surface area contributed by atoms with Crippen LogP contribution in [0.5, 0.6) is 0 Å². The summed E-state index contributed by atoms with van der Waals surface area (Å²) < 4.78 is 9.93. The second-order valence-corrected chi connectivity index (χ2v) is 14.8. The number of aliphatic hydroxyl groups is 1. The number of halogens is 2. The fourth-order valence-corrected chi connectivity index (χ4v) is 8.56. The van der Waals surface area contributed by atoms with E-state index in [1.165, 1.54) is 11.1 Å². The number of anilines is 1. The van der Waals surface area contributed by atoms with E-state index in [-0.39, 0.29) is 36.9 Å². The van der Waals surface area contributed by atoms with E-state index in [1.807, 2.05) is 60.6 Å². The van der Waals surface area contributed by atoms with Gasteiger partial charge in [-0.3, -0.25) is 14.5 Å². The van der Waals surface area contributed by atoms with Crippen LogP contribution in [0.2, 0.25) is 5.02 Å². The molecule has 1 atom stereocenters. The fraction of sp³-hybridized carbons (Fsp3) is 0.381. The minimum Gasteiger partial charge on any atom is -0.396 e. The summed E-state index contributed by atoms with van der Waals surface area (Å²) in [5.74, 6) is -0.131. The Morgan fingerprint density at radius 2 is 1.75 bits per heavy atom. The molecule has 3 aliphatic rings. The molecule has 3 aromatic carbocycles. The molecule has 0 unspecified atom stereocenters. The van der Waals surface area contributed by atoms with Gasteiger partial charge in [-0.05, 0) is 91.8 Å². The Labute approximate surface area is 322 Å². The van der Waals surface area contributed by atoms with Crippen LogP contribution in [-0.2, 0) is 37.7 Å². The Morgan fingerprint density at radius 1 is 0.943 bits per heavy atom. The fourth-order valence-electron chi connectivity index (χ4n) is 8.38. The molecule has 0 bridgehead atoms. The second-order valence-electron chi connectivity index (χ2n) is 14.4. The molecule has 5 heterocycles. The normalized spacial score (nSPS) is 17.3. The van der Waals surface area contributed by atoms with Gasteiger partial charge >= 0.3 is 0 Å². The standard InChI is InChI=1S/C42H46ClN5O4.ClH/c1-44-17-14-30-24-33(11-13-38(30)44)46(16-6-20-49)42(51)37-26-40(47-15-5-4-9-39(37)47)36-25-32(43)10-12-35(36)41(50)48-27-31-8-3-2-7-29(31)23-34(48)28-45-18-21-52-22-19-45;/h2-3,7-8,10-14,17,24-26,34,49H,4-6,9,15-16,18-23,27-28H2,1H3;1H/t34-;/m0./s1. The molecule has 0 saturated carbocycles. The number of carbonyl (C=O) groups excluding carboxylic acids is 2. The summed E-state index contributed by atoms with van der Waals surface area (Å²) in [6.07, 6.45) is 5.99. The van der Waals surface area contributed by atoms with Crippen LogP contribution in [0, 0.1) is 0 Å². The van der Waals surface area contributed by atoms with Gasteiger partial charge in [0.15, 0.2) is 0 Å². The van der Waals surface area contributed by atoms with Crippen molar-refractivity contribution >= 4 is 52.4 Å². The molecule has 1 N–H and O–H groups in total. The third kappa shape index (κ3) is 7.38. The van der Waals surface area contributed by atoms with Gasteiger partial charge in [-0.2, -0.15) is 0 Å². The Morgan fingerprint density at radius 3 is 2.57 bits per heavy atom. The topological polar surface area (TPSA) is 83.2 Å². The van der Waals surface area contributed by atoms with Gasteiger partial charge in [0.1, 0.15) is 0 Å². The summed E-state index contributed by atoms with van der Waals surface area (Å²) in [4.78, 5) is 35.9. The summed E-state index contributed by atoms with van der Waals surface area (Å²) in [6, 6.07) is 24.1. The van der Waals surface area contributed by atoms with Gasteiger partial charge < -0.3 is 28.8 Å². The van der Waals surface area contributed by atoms with E-state index in [0.29, 0.717) is 48.9 Å². The molecular weight excluding hydrogens is 709 g/mol. The number of amides is 2. The van der Waals surface area contributed by atoms with Crippen LogP contribution in [0.3, 0.4) is 0 Å². The SMILES string of the molecule is Cl.Cn1ccc2cc(N(CCCO)C(=O)c3cc(-c4cc(Cl)ccc4C(=O)N4Cc5ccccc5C[C@H]4CN4CCOCC4)n4c3CCCC4)ccc21. The van der Waals surface area contributed by atoms with Crippen molar-refractivity contribution in [2.45, 2.75) is 51.2 Å². The Bertz CT molecular complexity index is 2120. The van der Waals surface area contributed by atoms with Crippen LogP contribution >= 0.6 is 24.0 Å². The minimum absolute atomic E-state index is 0. The Kier molecular flexibility index (Phi) is 11.3. The second kappa shape index (κ2) is 16.1. The van der Waals surface area contributed by atoms with Crippen LogP contribution in [0.25, 0.3) is 22.2 Å². The minimum atomic E-state index is -0.103. The summed E-state index contributed by atoms with van der Waals surface area (Å²) in [5.41, 5.74) is 8.15. The smallest absolute Gasteiger partial charge is 0.260 e. The zero-order valence-electron chi connectivity index (χ0n) is 30.2. The van der Waals surface area contributed by atoms with E-state index in [0.717, 1.165) is 85.4 Å². The maximum atomic E-state index is 14.9. The number of ether oxygens (including phenoxy) is 1. The molecule has 9 nitrogen and oxygen atoms in total. The summed E-state index contributed by atoms with van der Waals surface area (Å²) in [6.45, 7) is 5.56. The molecule has 0 radical (unpaired) electrons. The average molecular weight is 757 g/mol. The number of aromatic nitrogens is 2. The first-order valence-electron chi connectivity index (χ1n) is 18.6. The van der Waals surface area contributed by atoms with Crippen molar-refractivity contribution in [3.05, 3.63) is 112 Å². The molecule has 3 aliphatic heterocycles. The number of fused-ring (bicyclic) bond motifs is 3. The van der Waals surface area contributed by atoms with E-state index in [2.05, 4.69) is 38.3 Å². The van der Waals surface area contributed by atoms with E-state index in [1.54, 1.807) is 11.0 Å². The zero-order valence-corrected chi connectivity index (χ0v) is 31.7. The highest BCUT2D eigenvalue weighted by Gasteiger charge is 2.35. The molecule has 11 heteroatoms. The molecule has 1 fully saturated rings. The molecule has 0 aliphatic carbocycles. The van der Waals surface area contributed by atoms with Gasteiger partial charge in [-0.25, -0.2) is 0 Å². The first kappa shape index (κ1) is 37.2. The highest BCUT2D eigenvalue weighted by Crippen LogP contribution is 2.37. The molecule has 53 heavy (non-hydrogen) atoms. The highest BCUT2D eigenvalue weighted by molar-refractivity contribution is 6.31. The van der Waals surface area contributed by atoms with Gasteiger partial charge in [0.05, 0.1) is 18.8 Å². The molecule has 0 spiro atoms. The number of aliphatic hydroxyl groups excluding tert-OH is 1. The van der Waals surface area contributed by atoms with Crippen molar-refractivity contribution in [2.24, 2.45) is 7.05 Å². The third-order valence-corrected chi connectivity index (χ3v) is 11.4. The van der Waals surface area contributed by atoms with Crippen LogP contribution in [0.1, 0.15) is 56.8 Å². The van der Waals surface area contributed by atoms with E-state index in [4.69, 9.17) is 16.3 Å². The molecule has 278 valence electrons. The van der Waals surface area contributed by atoms with Crippen LogP contribution in [0.4, 0.5) is 5.69 Å². The molecule has 1 saturated heterocycles.